The number of aliphatic hydroxyl groups is 8. The zero-order valence-corrected chi connectivity index (χ0v) is 27.9. The molecule has 20 heteroatoms. The molecule has 0 saturated carbocycles. The summed E-state index contributed by atoms with van der Waals surface area (Å²) in [6.45, 7) is 2.05. The molecule has 20 nitrogen and oxygen atoms in total. The molecule has 0 amide bonds. The van der Waals surface area contributed by atoms with Gasteiger partial charge in [0.2, 0.25) is 17.5 Å². The van der Waals surface area contributed by atoms with Crippen molar-refractivity contribution < 1.29 is 94.1 Å². The van der Waals surface area contributed by atoms with Crippen LogP contribution in [0.3, 0.4) is 0 Å². The summed E-state index contributed by atoms with van der Waals surface area (Å²) in [6.07, 6.45) is -25.1. The molecule has 3 aliphatic heterocycles. The van der Waals surface area contributed by atoms with Crippen LogP contribution in [0.4, 0.5) is 0 Å². The van der Waals surface area contributed by atoms with Crippen molar-refractivity contribution in [2.24, 2.45) is 0 Å². The molecule has 12 N–H and O–H groups in total. The zero-order valence-electron chi connectivity index (χ0n) is 27.9. The summed E-state index contributed by atoms with van der Waals surface area (Å²) >= 11 is 0. The van der Waals surface area contributed by atoms with Gasteiger partial charge in [0, 0.05) is 17.7 Å². The third-order valence-corrected chi connectivity index (χ3v) is 9.37. The molecule has 6 rings (SSSR count). The third-order valence-electron chi connectivity index (χ3n) is 9.37. The quantitative estimate of drug-likeness (QED) is 0.103. The lowest BCUT2D eigenvalue weighted by Gasteiger charge is -2.46. The lowest BCUT2D eigenvalue weighted by Crippen LogP contribution is -2.65. The van der Waals surface area contributed by atoms with Crippen LogP contribution in [0, 0.1) is 0 Å². The van der Waals surface area contributed by atoms with E-state index in [1.54, 1.807) is 0 Å². The fourth-order valence-corrected chi connectivity index (χ4v) is 6.25. The molecule has 2 aromatic carbocycles. The number of fused-ring (bicyclic) bond motifs is 1. The number of aliphatic hydroxyl groups excluding tert-OH is 8. The third kappa shape index (κ3) is 7.34. The summed E-state index contributed by atoms with van der Waals surface area (Å²) in [5, 5.41) is 125. The molecule has 4 heterocycles. The summed E-state index contributed by atoms with van der Waals surface area (Å²) in [6, 6.07) is 5.09. The van der Waals surface area contributed by atoms with Crippen molar-refractivity contribution in [2.75, 3.05) is 6.61 Å². The smallest absolute Gasteiger partial charge is 0.239 e. The Labute approximate surface area is 298 Å². The van der Waals surface area contributed by atoms with Crippen molar-refractivity contribution in [2.45, 2.75) is 106 Å². The maximum Gasteiger partial charge on any atom is 0.239 e. The molecule has 0 unspecified atom stereocenters. The van der Waals surface area contributed by atoms with Crippen molar-refractivity contribution in [3.05, 3.63) is 40.6 Å². The van der Waals surface area contributed by atoms with Gasteiger partial charge in [-0.05, 0) is 32.0 Å². The lowest BCUT2D eigenvalue weighted by molar-refractivity contribution is -0.360. The molecule has 0 spiro atoms. The highest BCUT2D eigenvalue weighted by Crippen LogP contribution is 2.40. The predicted molar refractivity (Wildman–Crippen MR) is 171 cm³/mol. The second kappa shape index (κ2) is 15.1. The van der Waals surface area contributed by atoms with E-state index in [9.17, 15) is 66.1 Å². The van der Waals surface area contributed by atoms with Crippen LogP contribution in [0.15, 0.2) is 39.5 Å². The van der Waals surface area contributed by atoms with Crippen LogP contribution in [0.25, 0.3) is 22.3 Å². The van der Waals surface area contributed by atoms with Crippen molar-refractivity contribution in [1.29, 1.82) is 0 Å². The standard InChI is InChI=1S/C33H40O20/c1-9-19(38)23(42)26(45)31(48-9)47-8-17-21(40)25(44)30(53-32-27(46)24(43)20(39)10(2)49-32)33(51-17)52-29-22(41)18-15(37)6-12(34)7-16(18)50-28(29)11-3-4-13(35)14(36)5-11/h3-7,9-10,17,19-21,23-27,30-40,42-46H,8H2,1-2H3/t9-,10-,17+,19-,20-,21-,23+,24+,25+,26+,27+,30+,31-,32+,33+/m0/s1. The first kappa shape index (κ1) is 38.8. The van der Waals surface area contributed by atoms with Gasteiger partial charge in [-0.15, -0.1) is 0 Å². The Morgan fingerprint density at radius 1 is 0.642 bits per heavy atom. The lowest BCUT2D eigenvalue weighted by atomic mass is 9.97. The number of aromatic hydroxyl groups is 4. The monoisotopic (exact) mass is 756 g/mol. The van der Waals surface area contributed by atoms with Crippen LogP contribution in [-0.4, -0.2) is 160 Å². The van der Waals surface area contributed by atoms with E-state index >= 15 is 0 Å². The van der Waals surface area contributed by atoms with Gasteiger partial charge in [-0.3, -0.25) is 4.79 Å². The van der Waals surface area contributed by atoms with Crippen LogP contribution >= 0.6 is 0 Å². The normalized spacial score (nSPS) is 37.8. The SMILES string of the molecule is C[C@@H]1O[C@H](OC[C@H]2O[C@H](Oc3c(-c4ccc(O)c(O)c4)oc4cc(O)cc(O)c4c3=O)[C@H](O[C@H]3O[C@@H](C)[C@H](O)[C@@H](O)[C@H]3O)[C@H](O)[C@H]2O)[C@H](O)[C@H](O)[C@H]1O. The first-order valence-corrected chi connectivity index (χ1v) is 16.4. The van der Waals surface area contributed by atoms with Crippen molar-refractivity contribution in [3.8, 4) is 40.1 Å². The minimum atomic E-state index is -2.04. The second-order valence-corrected chi connectivity index (χ2v) is 13.1. The molecule has 3 fully saturated rings. The van der Waals surface area contributed by atoms with Gasteiger partial charge in [-0.1, -0.05) is 0 Å². The van der Waals surface area contributed by atoms with Gasteiger partial charge in [0.25, 0.3) is 0 Å². The van der Waals surface area contributed by atoms with Crippen LogP contribution in [-0.2, 0) is 23.7 Å². The Hall–Kier alpha value is -3.87. The summed E-state index contributed by atoms with van der Waals surface area (Å²) in [4.78, 5) is 14.0. The van der Waals surface area contributed by atoms with E-state index in [1.165, 1.54) is 19.9 Å². The minimum Gasteiger partial charge on any atom is -0.508 e. The predicted octanol–water partition coefficient (Wildman–Crippen LogP) is -2.84. The Morgan fingerprint density at radius 2 is 1.26 bits per heavy atom. The molecule has 292 valence electrons. The van der Waals surface area contributed by atoms with Crippen LogP contribution in [0.5, 0.6) is 28.7 Å². The van der Waals surface area contributed by atoms with Crippen molar-refractivity contribution in [3.63, 3.8) is 0 Å². The largest absolute Gasteiger partial charge is 0.508 e. The molecule has 53 heavy (non-hydrogen) atoms. The van der Waals surface area contributed by atoms with Gasteiger partial charge in [0.05, 0.1) is 18.8 Å². The number of phenols is 4. The molecular formula is C33H40O20. The Bertz CT molecular complexity index is 1830. The van der Waals surface area contributed by atoms with Crippen molar-refractivity contribution in [1.82, 2.24) is 0 Å². The van der Waals surface area contributed by atoms with Gasteiger partial charge in [-0.25, -0.2) is 0 Å². The fourth-order valence-electron chi connectivity index (χ4n) is 6.25. The van der Waals surface area contributed by atoms with E-state index in [-0.39, 0.29) is 11.1 Å². The number of phenolic OH excluding ortho intramolecular Hbond substituents is 4. The highest BCUT2D eigenvalue weighted by atomic mass is 16.8. The van der Waals surface area contributed by atoms with Gasteiger partial charge in [0.15, 0.2) is 35.9 Å². The average molecular weight is 757 g/mol. The highest BCUT2D eigenvalue weighted by molar-refractivity contribution is 5.88. The van der Waals surface area contributed by atoms with Gasteiger partial charge >= 0.3 is 0 Å². The number of rotatable bonds is 8. The molecule has 3 aromatic rings. The van der Waals surface area contributed by atoms with E-state index in [0.29, 0.717) is 0 Å². The van der Waals surface area contributed by atoms with E-state index < -0.39 is 144 Å². The molecule has 0 aliphatic carbocycles. The highest BCUT2D eigenvalue weighted by Gasteiger charge is 2.52. The van der Waals surface area contributed by atoms with Crippen molar-refractivity contribution >= 4 is 11.0 Å². The summed E-state index contributed by atoms with van der Waals surface area (Å²) in [5.41, 5.74) is -1.54. The summed E-state index contributed by atoms with van der Waals surface area (Å²) < 4.78 is 40.1. The van der Waals surface area contributed by atoms with E-state index in [0.717, 1.165) is 24.3 Å². The average Bonchev–Trinajstić information content (AvgIpc) is 3.11. The summed E-state index contributed by atoms with van der Waals surface area (Å²) in [7, 11) is 0. The molecule has 0 bridgehead atoms. The second-order valence-electron chi connectivity index (χ2n) is 13.1. The maximum atomic E-state index is 14.0. The van der Waals surface area contributed by atoms with Gasteiger partial charge in [-0.2, -0.15) is 0 Å². The van der Waals surface area contributed by atoms with Crippen LogP contribution in [0.1, 0.15) is 13.8 Å². The first-order valence-electron chi connectivity index (χ1n) is 16.4. The number of hydrogen-bond donors (Lipinski definition) is 12. The molecular weight excluding hydrogens is 716 g/mol. The van der Waals surface area contributed by atoms with Gasteiger partial charge in [0.1, 0.15) is 77.4 Å². The number of ether oxygens (including phenoxy) is 6. The number of benzene rings is 2. The summed E-state index contributed by atoms with van der Waals surface area (Å²) in [5.74, 6) is -3.68. The molecule has 1 aromatic heterocycles. The topological polar surface area (TPSA) is 328 Å². The van der Waals surface area contributed by atoms with Gasteiger partial charge < -0.3 is 94.1 Å². The van der Waals surface area contributed by atoms with Crippen LogP contribution in [0.2, 0.25) is 0 Å². The molecule has 0 radical (unpaired) electrons. The fraction of sp³-hybridized carbons (Fsp3) is 0.545. The van der Waals surface area contributed by atoms with E-state index in [2.05, 4.69) is 0 Å². The number of hydrogen-bond acceptors (Lipinski definition) is 20. The van der Waals surface area contributed by atoms with E-state index in [1.807, 2.05) is 0 Å². The van der Waals surface area contributed by atoms with Crippen LogP contribution < -0.4 is 10.2 Å². The zero-order chi connectivity index (χ0) is 38.6. The maximum absolute atomic E-state index is 14.0. The Kier molecular flexibility index (Phi) is 11.1. The Balaban J connectivity index is 1.40. The Morgan fingerprint density at radius 3 is 1.91 bits per heavy atom. The molecule has 15 atom stereocenters. The molecule has 3 saturated heterocycles. The first-order chi connectivity index (χ1) is 25.0. The minimum absolute atomic E-state index is 0.0962. The van der Waals surface area contributed by atoms with E-state index in [4.69, 9.17) is 32.8 Å². The molecule has 3 aliphatic rings.